The van der Waals surface area contributed by atoms with E-state index in [-0.39, 0.29) is 28.1 Å². The van der Waals surface area contributed by atoms with Gasteiger partial charge in [-0.2, -0.15) is 0 Å². The number of hydrogen-bond acceptors (Lipinski definition) is 0. The molecule has 0 fully saturated rings. The molecule has 338 valence electrons. The smallest absolute Gasteiger partial charge is 0.200 e. The molecule has 0 N–H and O–H groups in total. The van der Waals surface area contributed by atoms with E-state index in [4.69, 9.17) is 0 Å². The zero-order chi connectivity index (χ0) is 45.9. The van der Waals surface area contributed by atoms with Gasteiger partial charge < -0.3 is 4.48 Å². The van der Waals surface area contributed by atoms with Crippen molar-refractivity contribution in [3.63, 3.8) is 0 Å². The van der Waals surface area contributed by atoms with Crippen molar-refractivity contribution in [3.05, 3.63) is 178 Å². The molecule has 1 aliphatic rings. The minimum Gasteiger partial charge on any atom is -0.316 e. The molecule has 0 amide bonds. The second kappa shape index (κ2) is 18.4. The summed E-state index contributed by atoms with van der Waals surface area (Å²) in [5.74, 6) is -20.3. The maximum atomic E-state index is 15.0. The van der Waals surface area contributed by atoms with Crippen molar-refractivity contribution in [2.75, 3.05) is 13.1 Å². The third-order valence-corrected chi connectivity index (χ3v) is 12.9. The van der Waals surface area contributed by atoms with Crippen LogP contribution in [0.2, 0.25) is 0 Å². The summed E-state index contributed by atoms with van der Waals surface area (Å²) in [6, 6.07) is 32.0. The van der Waals surface area contributed by atoms with Crippen LogP contribution in [0.25, 0.3) is 77.2 Å². The first-order valence-electron chi connectivity index (χ1n) is 21.5. The SMILES string of the molecule is Br.CCCC[N+]1(CCCC)Cc2c(-c3ccc(-c4c(F)c(F)c(F)c(F)c4F)cc3)cc3ccccc3c2-c2c(c(-c3ccc(-c4c(F)c(F)c(F)c(F)c4F)cc3)cc3ccccc23)C1. The Kier molecular flexibility index (Phi) is 12.9. The van der Waals surface area contributed by atoms with Crippen molar-refractivity contribution < 1.29 is 48.4 Å². The van der Waals surface area contributed by atoms with Crippen LogP contribution in [0, 0.1) is 58.2 Å². The summed E-state index contributed by atoms with van der Waals surface area (Å²) in [7, 11) is 0. The first kappa shape index (κ1) is 46.5. The lowest BCUT2D eigenvalue weighted by Gasteiger charge is -2.39. The number of halogens is 11. The van der Waals surface area contributed by atoms with Crippen molar-refractivity contribution in [1.82, 2.24) is 0 Å². The number of quaternary nitrogens is 1. The van der Waals surface area contributed by atoms with E-state index in [0.29, 0.717) is 28.7 Å². The molecule has 66 heavy (non-hydrogen) atoms. The Hall–Kier alpha value is -5.98. The normalized spacial score (nSPS) is 13.1. The van der Waals surface area contributed by atoms with Gasteiger partial charge >= 0.3 is 0 Å². The fourth-order valence-electron chi connectivity index (χ4n) is 9.69. The van der Waals surface area contributed by atoms with Crippen molar-refractivity contribution in [3.8, 4) is 55.6 Å². The van der Waals surface area contributed by atoms with Crippen LogP contribution in [-0.4, -0.2) is 17.6 Å². The summed E-state index contributed by atoms with van der Waals surface area (Å²) >= 11 is 0. The molecule has 0 bridgehead atoms. The highest BCUT2D eigenvalue weighted by Crippen LogP contribution is 2.50. The fourth-order valence-corrected chi connectivity index (χ4v) is 9.69. The van der Waals surface area contributed by atoms with Gasteiger partial charge in [-0.3, -0.25) is 0 Å². The minimum absolute atomic E-state index is 0. The lowest BCUT2D eigenvalue weighted by Crippen LogP contribution is -2.47. The number of fused-ring (bicyclic) bond motifs is 7. The van der Waals surface area contributed by atoms with E-state index in [1.54, 1.807) is 24.3 Å². The van der Waals surface area contributed by atoms with E-state index in [2.05, 4.69) is 38.1 Å². The summed E-state index contributed by atoms with van der Waals surface area (Å²) < 4.78 is 146. The fraction of sp³-hybridized carbons (Fsp3) is 0.185. The number of nitrogens with zero attached hydrogens (tertiary/aromatic N) is 1. The summed E-state index contributed by atoms with van der Waals surface area (Å²) in [6.07, 6.45) is 3.62. The van der Waals surface area contributed by atoms with Gasteiger partial charge in [0, 0.05) is 22.3 Å². The van der Waals surface area contributed by atoms with Crippen LogP contribution in [0.5, 0.6) is 0 Å². The molecule has 9 rings (SSSR count). The molecular formula is C54H41BrF10N+. The van der Waals surface area contributed by atoms with Crippen LogP contribution in [0.1, 0.15) is 50.7 Å². The Balaban J connectivity index is 0.00000592. The highest BCUT2D eigenvalue weighted by atomic mass is 79.9. The summed E-state index contributed by atoms with van der Waals surface area (Å²) in [4.78, 5) is 0. The molecule has 0 atom stereocenters. The Labute approximate surface area is 385 Å². The molecule has 0 spiro atoms. The molecule has 8 aromatic rings. The van der Waals surface area contributed by atoms with Gasteiger partial charge in [-0.15, -0.1) is 17.0 Å². The van der Waals surface area contributed by atoms with E-state index in [1.807, 2.05) is 36.4 Å². The Morgan fingerprint density at radius 2 is 0.682 bits per heavy atom. The average Bonchev–Trinajstić information content (AvgIpc) is 3.48. The van der Waals surface area contributed by atoms with Gasteiger partial charge in [-0.1, -0.05) is 124 Å². The zero-order valence-electron chi connectivity index (χ0n) is 35.7. The van der Waals surface area contributed by atoms with Gasteiger partial charge in [0.25, 0.3) is 0 Å². The van der Waals surface area contributed by atoms with Crippen LogP contribution < -0.4 is 0 Å². The Morgan fingerprint density at radius 1 is 0.379 bits per heavy atom. The third-order valence-electron chi connectivity index (χ3n) is 12.9. The Bertz CT molecular complexity index is 2910. The molecule has 1 heterocycles. The van der Waals surface area contributed by atoms with Crippen molar-refractivity contribution in [1.29, 1.82) is 0 Å². The van der Waals surface area contributed by atoms with Crippen LogP contribution in [-0.2, 0) is 13.1 Å². The highest BCUT2D eigenvalue weighted by Gasteiger charge is 2.38. The van der Waals surface area contributed by atoms with Gasteiger partial charge in [0.2, 0.25) is 11.6 Å². The van der Waals surface area contributed by atoms with Gasteiger partial charge in [-0.25, -0.2) is 43.9 Å². The van der Waals surface area contributed by atoms with Gasteiger partial charge in [0.1, 0.15) is 13.1 Å². The molecule has 0 saturated heterocycles. The van der Waals surface area contributed by atoms with Crippen LogP contribution in [0.3, 0.4) is 0 Å². The molecule has 0 saturated carbocycles. The number of rotatable bonds is 10. The molecule has 0 unspecified atom stereocenters. The number of hydrogen-bond donors (Lipinski definition) is 0. The van der Waals surface area contributed by atoms with Crippen LogP contribution in [0.15, 0.2) is 109 Å². The predicted molar refractivity (Wildman–Crippen MR) is 246 cm³/mol. The summed E-state index contributed by atoms with van der Waals surface area (Å²) in [5.41, 5.74) is 4.50. The van der Waals surface area contributed by atoms with Crippen molar-refractivity contribution in [2.45, 2.75) is 52.6 Å². The quantitative estimate of drug-likeness (QED) is 0.0554. The van der Waals surface area contributed by atoms with E-state index in [1.165, 1.54) is 24.3 Å². The molecular weight excluding hydrogens is 932 g/mol. The average molecular weight is 974 g/mol. The van der Waals surface area contributed by atoms with Gasteiger partial charge in [0.15, 0.2) is 46.5 Å². The van der Waals surface area contributed by atoms with Gasteiger partial charge in [0.05, 0.1) is 24.2 Å². The predicted octanol–water partition coefficient (Wildman–Crippen LogP) is 16.7. The summed E-state index contributed by atoms with van der Waals surface area (Å²) in [5, 5.41) is 3.69. The Morgan fingerprint density at radius 3 is 1.02 bits per heavy atom. The van der Waals surface area contributed by atoms with Crippen LogP contribution in [0.4, 0.5) is 43.9 Å². The van der Waals surface area contributed by atoms with E-state index in [0.717, 1.165) is 93.7 Å². The van der Waals surface area contributed by atoms with Gasteiger partial charge in [-0.05, 0) is 79.9 Å². The maximum Gasteiger partial charge on any atom is 0.200 e. The molecule has 12 heteroatoms. The van der Waals surface area contributed by atoms with Crippen molar-refractivity contribution >= 4 is 38.5 Å². The summed E-state index contributed by atoms with van der Waals surface area (Å²) in [6.45, 7) is 6.99. The highest BCUT2D eigenvalue weighted by molar-refractivity contribution is 8.93. The largest absolute Gasteiger partial charge is 0.316 e. The second-order valence-corrected chi connectivity index (χ2v) is 16.9. The lowest BCUT2D eigenvalue weighted by molar-refractivity contribution is -0.953. The van der Waals surface area contributed by atoms with E-state index >= 15 is 17.6 Å². The third kappa shape index (κ3) is 7.75. The number of unbranched alkanes of at least 4 members (excludes halogenated alkanes) is 2. The standard InChI is InChI=1S/C54H40F10N.BrH/c1-3-5-23-65(24-6-4-2)27-39-37(29-15-19-31(20-16-29)41-45(55)49(59)53(63)50(60)46(41)56)25-33-11-7-9-13-35(33)43(39)44-36-14-10-8-12-34(36)26-38(40(44)28-65)30-17-21-32(22-18-30)42-47(57)51(61)54(64)52(62)48(42)58;/h7-22,25-26H,3-6,23-24,27-28H2,1-2H3;1H/q+1;. The van der Waals surface area contributed by atoms with E-state index < -0.39 is 69.3 Å². The van der Waals surface area contributed by atoms with Crippen LogP contribution >= 0.6 is 17.0 Å². The van der Waals surface area contributed by atoms with Crippen molar-refractivity contribution in [2.24, 2.45) is 0 Å². The molecule has 1 nitrogen and oxygen atoms in total. The number of benzene rings is 8. The second-order valence-electron chi connectivity index (χ2n) is 16.9. The first-order chi connectivity index (χ1) is 31.3. The first-order valence-corrected chi connectivity index (χ1v) is 21.5. The molecule has 0 aromatic heterocycles. The maximum absolute atomic E-state index is 15.0. The molecule has 0 radical (unpaired) electrons. The van der Waals surface area contributed by atoms with E-state index in [9.17, 15) is 26.3 Å². The zero-order valence-corrected chi connectivity index (χ0v) is 37.4. The molecule has 0 aliphatic carbocycles. The molecule has 1 aliphatic heterocycles. The lowest BCUT2D eigenvalue weighted by atomic mass is 9.82. The monoisotopic (exact) mass is 972 g/mol. The molecule has 8 aromatic carbocycles. The topological polar surface area (TPSA) is 0 Å². The minimum atomic E-state index is -2.23.